The Morgan fingerprint density at radius 3 is 2.67 bits per heavy atom. The Bertz CT molecular complexity index is 1070. The van der Waals surface area contributed by atoms with Crippen LogP contribution in [-0.2, 0) is 11.8 Å². The normalized spacial score (nSPS) is 17.9. The van der Waals surface area contributed by atoms with Gasteiger partial charge in [-0.25, -0.2) is 9.48 Å². The number of nitrogens with zero attached hydrogens (tertiary/aromatic N) is 5. The van der Waals surface area contributed by atoms with Crippen LogP contribution in [0.1, 0.15) is 51.5 Å². The maximum Gasteiger partial charge on any atom is 0.410 e. The number of amides is 1. The molecule has 30 heavy (non-hydrogen) atoms. The highest BCUT2D eigenvalue weighted by atomic mass is 35.5. The first-order valence-electron chi connectivity index (χ1n) is 10.4. The van der Waals surface area contributed by atoms with Gasteiger partial charge in [0.1, 0.15) is 11.3 Å². The lowest BCUT2D eigenvalue weighted by atomic mass is 9.91. The van der Waals surface area contributed by atoms with Crippen molar-refractivity contribution < 1.29 is 9.53 Å². The molecular formula is C22H28ClN5O2. The number of rotatable bonds is 2. The van der Waals surface area contributed by atoms with Gasteiger partial charge in [-0.2, -0.15) is 10.2 Å². The fourth-order valence-electron chi connectivity index (χ4n) is 4.02. The quantitative estimate of drug-likeness (QED) is 0.580. The second-order valence-corrected chi connectivity index (χ2v) is 9.36. The van der Waals surface area contributed by atoms with Gasteiger partial charge in [-0.15, -0.1) is 0 Å². The first-order chi connectivity index (χ1) is 14.2. The van der Waals surface area contributed by atoms with Crippen LogP contribution in [0.4, 0.5) is 4.79 Å². The van der Waals surface area contributed by atoms with E-state index in [9.17, 15) is 4.79 Å². The molecule has 1 amide bonds. The van der Waals surface area contributed by atoms with Crippen LogP contribution < -0.4 is 0 Å². The number of ether oxygens (including phenoxy) is 1. The molecule has 3 aromatic rings. The summed E-state index contributed by atoms with van der Waals surface area (Å²) in [7, 11) is 1.89. The molecule has 160 valence electrons. The third kappa shape index (κ3) is 4.31. The van der Waals surface area contributed by atoms with Gasteiger partial charge in [-0.05, 0) is 63.6 Å². The number of halogens is 1. The zero-order valence-corrected chi connectivity index (χ0v) is 18.7. The van der Waals surface area contributed by atoms with Crippen molar-refractivity contribution in [2.24, 2.45) is 7.05 Å². The molecule has 7 nitrogen and oxygen atoms in total. The number of benzene rings is 1. The Morgan fingerprint density at radius 1 is 1.17 bits per heavy atom. The number of hydrogen-bond acceptors (Lipinski definition) is 4. The number of carbonyl (C=O) groups is 1. The predicted octanol–water partition coefficient (Wildman–Crippen LogP) is 4.92. The van der Waals surface area contributed by atoms with E-state index in [4.69, 9.17) is 16.3 Å². The fourth-order valence-corrected chi connectivity index (χ4v) is 4.34. The van der Waals surface area contributed by atoms with E-state index in [1.54, 1.807) is 10.9 Å². The van der Waals surface area contributed by atoms with E-state index >= 15 is 0 Å². The summed E-state index contributed by atoms with van der Waals surface area (Å²) in [5.41, 5.74) is 2.55. The van der Waals surface area contributed by atoms with Crippen molar-refractivity contribution in [2.45, 2.75) is 51.6 Å². The smallest absolute Gasteiger partial charge is 0.410 e. The minimum atomic E-state index is -0.484. The molecule has 0 N–H and O–H groups in total. The average Bonchev–Trinajstić information content (AvgIpc) is 3.17. The molecular weight excluding hydrogens is 402 g/mol. The maximum absolute atomic E-state index is 12.5. The second-order valence-electron chi connectivity index (χ2n) is 8.96. The van der Waals surface area contributed by atoms with Crippen molar-refractivity contribution in [3.8, 4) is 5.69 Å². The highest BCUT2D eigenvalue weighted by Crippen LogP contribution is 2.36. The van der Waals surface area contributed by atoms with Crippen LogP contribution in [0, 0.1) is 0 Å². The zero-order chi connectivity index (χ0) is 21.5. The zero-order valence-electron chi connectivity index (χ0n) is 17.9. The van der Waals surface area contributed by atoms with E-state index in [-0.39, 0.29) is 12.0 Å². The van der Waals surface area contributed by atoms with Crippen molar-refractivity contribution in [2.75, 3.05) is 13.1 Å². The molecule has 1 aliphatic heterocycles. The van der Waals surface area contributed by atoms with E-state index in [1.807, 2.05) is 55.9 Å². The van der Waals surface area contributed by atoms with Gasteiger partial charge in [0.15, 0.2) is 0 Å². The third-order valence-corrected chi connectivity index (χ3v) is 5.77. The molecule has 1 fully saturated rings. The van der Waals surface area contributed by atoms with Gasteiger partial charge in [0.05, 0.1) is 24.1 Å². The van der Waals surface area contributed by atoms with Crippen molar-refractivity contribution in [3.63, 3.8) is 0 Å². The number of fused-ring (bicyclic) bond motifs is 1. The molecule has 8 heteroatoms. The molecule has 1 saturated heterocycles. The number of aryl methyl sites for hydroxylation is 1. The standard InChI is InChI=1S/C22H28ClN5O2/c1-22(2,3)30-21(29)27-8-5-6-15(7-9-27)18-11-20-16(10-19(18)23)12-25-28(20)17-13-24-26(4)14-17/h10-15H,5-9H2,1-4H3/t15-/m1/s1. The molecule has 0 unspecified atom stereocenters. The van der Waals surface area contributed by atoms with Gasteiger partial charge in [-0.3, -0.25) is 4.68 Å². The number of carbonyl (C=O) groups excluding carboxylic acids is 1. The first kappa shape index (κ1) is 20.7. The van der Waals surface area contributed by atoms with Crippen molar-refractivity contribution in [1.29, 1.82) is 0 Å². The Kier molecular flexibility index (Phi) is 5.49. The first-order valence-corrected chi connectivity index (χ1v) is 10.7. The summed E-state index contributed by atoms with van der Waals surface area (Å²) in [4.78, 5) is 14.3. The number of hydrogen-bond donors (Lipinski definition) is 0. The Morgan fingerprint density at radius 2 is 1.97 bits per heavy atom. The summed E-state index contributed by atoms with van der Waals surface area (Å²) in [6.07, 6.45) is 8.07. The van der Waals surface area contributed by atoms with Gasteiger partial charge in [-0.1, -0.05) is 11.6 Å². The van der Waals surface area contributed by atoms with E-state index in [1.165, 1.54) is 0 Å². The van der Waals surface area contributed by atoms with Gasteiger partial charge in [0.25, 0.3) is 0 Å². The van der Waals surface area contributed by atoms with Crippen molar-refractivity contribution >= 4 is 28.6 Å². The van der Waals surface area contributed by atoms with Crippen LogP contribution in [0.2, 0.25) is 5.02 Å². The largest absolute Gasteiger partial charge is 0.444 e. The predicted molar refractivity (Wildman–Crippen MR) is 117 cm³/mol. The summed E-state index contributed by atoms with van der Waals surface area (Å²) in [5, 5.41) is 10.5. The molecule has 4 rings (SSSR count). The van der Waals surface area contributed by atoms with Crippen LogP contribution in [0.15, 0.2) is 30.7 Å². The van der Waals surface area contributed by atoms with Crippen LogP contribution in [0.25, 0.3) is 16.6 Å². The van der Waals surface area contributed by atoms with E-state index in [2.05, 4.69) is 16.3 Å². The number of likely N-dealkylation sites (tertiary alicyclic amines) is 1. The monoisotopic (exact) mass is 429 g/mol. The van der Waals surface area contributed by atoms with Crippen LogP contribution in [0.5, 0.6) is 0 Å². The average molecular weight is 430 g/mol. The molecule has 1 atom stereocenters. The second kappa shape index (κ2) is 7.95. The Hall–Kier alpha value is -2.54. The lowest BCUT2D eigenvalue weighted by Crippen LogP contribution is -2.37. The minimum absolute atomic E-state index is 0.237. The molecule has 0 bridgehead atoms. The Balaban J connectivity index is 1.58. The van der Waals surface area contributed by atoms with E-state index < -0.39 is 5.60 Å². The lowest BCUT2D eigenvalue weighted by molar-refractivity contribution is 0.0256. The third-order valence-electron chi connectivity index (χ3n) is 5.44. The molecule has 0 radical (unpaired) electrons. The minimum Gasteiger partial charge on any atom is -0.444 e. The SMILES string of the molecule is Cn1cc(-n2ncc3cc(Cl)c([C@@H]4CCCN(C(=O)OC(C)(C)C)CC4)cc32)cn1. The molecule has 3 heterocycles. The van der Waals surface area contributed by atoms with Gasteiger partial charge in [0.2, 0.25) is 0 Å². The highest BCUT2D eigenvalue weighted by molar-refractivity contribution is 6.32. The van der Waals surface area contributed by atoms with Gasteiger partial charge >= 0.3 is 6.09 Å². The van der Waals surface area contributed by atoms with Crippen LogP contribution in [0.3, 0.4) is 0 Å². The molecule has 0 spiro atoms. The van der Waals surface area contributed by atoms with E-state index in [0.29, 0.717) is 13.1 Å². The summed E-state index contributed by atoms with van der Waals surface area (Å²) >= 11 is 6.68. The maximum atomic E-state index is 12.5. The van der Waals surface area contributed by atoms with Crippen molar-refractivity contribution in [1.82, 2.24) is 24.5 Å². The summed E-state index contributed by atoms with van der Waals surface area (Å²) in [6.45, 7) is 7.05. The van der Waals surface area contributed by atoms with E-state index in [0.717, 1.165) is 46.4 Å². The van der Waals surface area contributed by atoms with Gasteiger partial charge in [0, 0.05) is 30.5 Å². The molecule has 0 saturated carbocycles. The van der Waals surface area contributed by atoms with Crippen molar-refractivity contribution in [3.05, 3.63) is 41.3 Å². The van der Waals surface area contributed by atoms with Gasteiger partial charge < -0.3 is 9.64 Å². The summed E-state index contributed by atoms with van der Waals surface area (Å²) < 4.78 is 9.21. The topological polar surface area (TPSA) is 65.2 Å². The summed E-state index contributed by atoms with van der Waals surface area (Å²) in [6, 6.07) is 4.13. The molecule has 1 aromatic carbocycles. The highest BCUT2D eigenvalue weighted by Gasteiger charge is 2.27. The summed E-state index contributed by atoms with van der Waals surface area (Å²) in [5.74, 6) is 0.284. The fraction of sp³-hybridized carbons (Fsp3) is 0.500. The molecule has 1 aliphatic rings. The Labute approximate surface area is 181 Å². The number of aromatic nitrogens is 4. The van der Waals surface area contributed by atoms with Crippen LogP contribution >= 0.6 is 11.6 Å². The lowest BCUT2D eigenvalue weighted by Gasteiger charge is -2.26. The molecule has 0 aliphatic carbocycles. The van der Waals surface area contributed by atoms with Crippen LogP contribution in [-0.4, -0.2) is 49.2 Å². The molecule has 2 aromatic heterocycles.